The van der Waals surface area contributed by atoms with E-state index < -0.39 is 0 Å². The summed E-state index contributed by atoms with van der Waals surface area (Å²) in [7, 11) is 0. The Kier molecular flexibility index (Phi) is 6.41. The van der Waals surface area contributed by atoms with Gasteiger partial charge in [-0.3, -0.25) is 0 Å². The Hall–Kier alpha value is -3.88. The average Bonchev–Trinajstić information content (AvgIpc) is 3.32. The summed E-state index contributed by atoms with van der Waals surface area (Å²) >= 11 is 0. The van der Waals surface area contributed by atoms with Crippen molar-refractivity contribution in [2.24, 2.45) is 5.10 Å². The predicted molar refractivity (Wildman–Crippen MR) is 121 cm³/mol. The normalized spacial score (nSPS) is 13.5. The first-order valence-corrected chi connectivity index (χ1v) is 10.3. The van der Waals surface area contributed by atoms with Gasteiger partial charge in [0.05, 0.1) is 12.8 Å². The third-order valence-corrected chi connectivity index (χ3v) is 4.74. The molecule has 31 heavy (non-hydrogen) atoms. The van der Waals surface area contributed by atoms with Gasteiger partial charge >= 0.3 is 0 Å². The van der Waals surface area contributed by atoms with Crippen LogP contribution in [0.1, 0.15) is 25.3 Å². The summed E-state index contributed by atoms with van der Waals surface area (Å²) in [5, 5.41) is 17.7. The lowest BCUT2D eigenvalue weighted by Gasteiger charge is -2.16. The molecule has 0 saturated carbocycles. The van der Waals surface area contributed by atoms with Crippen LogP contribution in [-0.2, 0) is 0 Å². The fourth-order valence-electron chi connectivity index (χ4n) is 3.25. The Bertz CT molecular complexity index is 1040. The largest absolute Gasteiger partial charge is 0.504 e. The highest BCUT2D eigenvalue weighted by atomic mass is 16.5. The van der Waals surface area contributed by atoms with E-state index >= 15 is 0 Å². The van der Waals surface area contributed by atoms with Gasteiger partial charge in [0.25, 0.3) is 0 Å². The Morgan fingerprint density at radius 2 is 1.81 bits per heavy atom. The van der Waals surface area contributed by atoms with E-state index in [-0.39, 0.29) is 5.75 Å². The number of phenolic OH excluding ortho intramolecular Hbond substituents is 1. The van der Waals surface area contributed by atoms with Gasteiger partial charge in [0.15, 0.2) is 11.5 Å². The van der Waals surface area contributed by atoms with E-state index in [1.165, 1.54) is 6.21 Å². The highest BCUT2D eigenvalue weighted by Gasteiger charge is 2.17. The minimum atomic E-state index is 0.0368. The summed E-state index contributed by atoms with van der Waals surface area (Å²) in [4.78, 5) is 15.6. The molecule has 9 nitrogen and oxygen atoms in total. The van der Waals surface area contributed by atoms with Crippen LogP contribution in [0.15, 0.2) is 53.6 Å². The van der Waals surface area contributed by atoms with Crippen LogP contribution in [0.3, 0.4) is 0 Å². The van der Waals surface area contributed by atoms with Crippen molar-refractivity contribution in [2.75, 3.05) is 35.3 Å². The Balaban J connectivity index is 1.55. The van der Waals surface area contributed by atoms with Crippen molar-refractivity contribution in [1.82, 2.24) is 15.0 Å². The SMILES string of the molecule is CCOc1cccc(/C=N\Nc2nc(Nc3ccccc3)nc(N3CCCC3)n2)c1O. The first-order valence-electron chi connectivity index (χ1n) is 10.3. The van der Waals surface area contributed by atoms with E-state index in [2.05, 4.69) is 35.7 Å². The van der Waals surface area contributed by atoms with Crippen LogP contribution in [0.25, 0.3) is 0 Å². The van der Waals surface area contributed by atoms with Gasteiger partial charge in [-0.1, -0.05) is 24.3 Å². The Labute approximate surface area is 180 Å². The van der Waals surface area contributed by atoms with Gasteiger partial charge in [-0.25, -0.2) is 5.43 Å². The van der Waals surface area contributed by atoms with Crippen molar-refractivity contribution in [3.63, 3.8) is 0 Å². The summed E-state index contributed by atoms with van der Waals surface area (Å²) in [5.74, 6) is 1.80. The van der Waals surface area contributed by atoms with Crippen LogP contribution in [0, 0.1) is 0 Å². The molecule has 2 aromatic carbocycles. The zero-order valence-corrected chi connectivity index (χ0v) is 17.3. The average molecular weight is 419 g/mol. The number of phenols is 1. The molecule has 3 aromatic rings. The maximum atomic E-state index is 10.3. The van der Waals surface area contributed by atoms with E-state index in [1.54, 1.807) is 18.2 Å². The van der Waals surface area contributed by atoms with Gasteiger partial charge in [0.2, 0.25) is 17.8 Å². The molecular formula is C22H25N7O2. The fraction of sp³-hybridized carbons (Fsp3) is 0.273. The van der Waals surface area contributed by atoms with Gasteiger partial charge in [0.1, 0.15) is 0 Å². The summed E-state index contributed by atoms with van der Waals surface area (Å²) in [6.07, 6.45) is 3.73. The number of hydrogen-bond acceptors (Lipinski definition) is 9. The molecule has 1 fully saturated rings. The molecular weight excluding hydrogens is 394 g/mol. The molecule has 0 amide bonds. The number of ether oxygens (including phenoxy) is 1. The molecule has 0 atom stereocenters. The van der Waals surface area contributed by atoms with Crippen LogP contribution in [-0.4, -0.2) is 46.0 Å². The molecule has 4 rings (SSSR count). The molecule has 1 saturated heterocycles. The van der Waals surface area contributed by atoms with E-state index in [0.717, 1.165) is 31.6 Å². The smallest absolute Gasteiger partial charge is 0.250 e. The molecule has 1 aliphatic rings. The fourth-order valence-corrected chi connectivity index (χ4v) is 3.25. The van der Waals surface area contributed by atoms with Crippen LogP contribution in [0.4, 0.5) is 23.5 Å². The number of aromatic hydroxyl groups is 1. The number of hydrazone groups is 1. The van der Waals surface area contributed by atoms with Crippen LogP contribution in [0.2, 0.25) is 0 Å². The molecule has 1 aliphatic heterocycles. The number of para-hydroxylation sites is 2. The maximum absolute atomic E-state index is 10.3. The van der Waals surface area contributed by atoms with E-state index in [0.29, 0.717) is 35.8 Å². The second kappa shape index (κ2) is 9.75. The van der Waals surface area contributed by atoms with Gasteiger partial charge in [-0.15, -0.1) is 0 Å². The van der Waals surface area contributed by atoms with Crippen molar-refractivity contribution in [3.05, 3.63) is 54.1 Å². The quantitative estimate of drug-likeness (QED) is 0.374. The summed E-state index contributed by atoms with van der Waals surface area (Å²) < 4.78 is 5.41. The lowest BCUT2D eigenvalue weighted by molar-refractivity contribution is 0.318. The highest BCUT2D eigenvalue weighted by Crippen LogP contribution is 2.28. The third kappa shape index (κ3) is 5.19. The predicted octanol–water partition coefficient (Wildman–Crippen LogP) is 3.77. The molecule has 9 heteroatoms. The zero-order chi connectivity index (χ0) is 21.5. The lowest BCUT2D eigenvalue weighted by Crippen LogP contribution is -2.21. The number of aromatic nitrogens is 3. The highest BCUT2D eigenvalue weighted by molar-refractivity contribution is 5.85. The van der Waals surface area contributed by atoms with Crippen molar-refractivity contribution in [1.29, 1.82) is 0 Å². The Morgan fingerprint density at radius 1 is 1.03 bits per heavy atom. The number of anilines is 4. The molecule has 0 bridgehead atoms. The standard InChI is InChI=1S/C22H25N7O2/c1-2-31-18-12-8-9-16(19(18)30)15-23-28-21-25-20(24-17-10-4-3-5-11-17)26-22(27-21)29-13-6-7-14-29/h3-5,8-12,15,30H,2,6-7,13-14H2,1H3,(H2,24,25,26,27,28)/b23-15-. The topological polar surface area (TPSA) is 108 Å². The number of nitrogens with zero attached hydrogens (tertiary/aromatic N) is 5. The van der Waals surface area contributed by atoms with Gasteiger partial charge < -0.3 is 20.1 Å². The lowest BCUT2D eigenvalue weighted by atomic mass is 10.2. The molecule has 0 spiro atoms. The number of hydrogen-bond donors (Lipinski definition) is 3. The summed E-state index contributed by atoms with van der Waals surface area (Å²) in [6.45, 7) is 4.15. The monoisotopic (exact) mass is 419 g/mol. The summed E-state index contributed by atoms with van der Waals surface area (Å²) in [6, 6.07) is 15.0. The zero-order valence-electron chi connectivity index (χ0n) is 17.3. The molecule has 0 unspecified atom stereocenters. The van der Waals surface area contributed by atoms with Crippen molar-refractivity contribution < 1.29 is 9.84 Å². The van der Waals surface area contributed by atoms with Gasteiger partial charge in [-0.05, 0) is 44.0 Å². The van der Waals surface area contributed by atoms with E-state index in [1.807, 2.05) is 37.3 Å². The number of rotatable bonds is 8. The van der Waals surface area contributed by atoms with Gasteiger partial charge in [0, 0.05) is 24.3 Å². The van der Waals surface area contributed by atoms with Gasteiger partial charge in [-0.2, -0.15) is 20.1 Å². The molecule has 0 radical (unpaired) electrons. The minimum Gasteiger partial charge on any atom is -0.504 e. The molecule has 2 heterocycles. The molecule has 160 valence electrons. The maximum Gasteiger partial charge on any atom is 0.250 e. The first kappa shape index (κ1) is 20.4. The third-order valence-electron chi connectivity index (χ3n) is 4.74. The number of nitrogens with one attached hydrogen (secondary N) is 2. The van der Waals surface area contributed by atoms with Crippen molar-refractivity contribution in [3.8, 4) is 11.5 Å². The van der Waals surface area contributed by atoms with Crippen LogP contribution in [0.5, 0.6) is 11.5 Å². The van der Waals surface area contributed by atoms with Crippen LogP contribution < -0.4 is 20.4 Å². The minimum absolute atomic E-state index is 0.0368. The Morgan fingerprint density at radius 3 is 2.58 bits per heavy atom. The second-order valence-corrected chi connectivity index (χ2v) is 6.96. The van der Waals surface area contributed by atoms with Crippen LogP contribution >= 0.6 is 0 Å². The van der Waals surface area contributed by atoms with Crippen molar-refractivity contribution in [2.45, 2.75) is 19.8 Å². The van der Waals surface area contributed by atoms with Crippen molar-refractivity contribution >= 4 is 29.7 Å². The van der Waals surface area contributed by atoms with E-state index in [4.69, 9.17) is 4.74 Å². The summed E-state index contributed by atoms with van der Waals surface area (Å²) in [5.41, 5.74) is 4.26. The number of benzene rings is 2. The molecule has 3 N–H and O–H groups in total. The van der Waals surface area contributed by atoms with E-state index in [9.17, 15) is 5.11 Å². The molecule has 1 aromatic heterocycles. The second-order valence-electron chi connectivity index (χ2n) is 6.96. The molecule has 0 aliphatic carbocycles. The first-order chi connectivity index (χ1) is 15.2.